The number of nitrogens with zero attached hydrogens (tertiary/aromatic N) is 1. The lowest BCUT2D eigenvalue weighted by molar-refractivity contribution is -0.136. The minimum absolute atomic E-state index is 0.114. The van der Waals surface area contributed by atoms with Crippen molar-refractivity contribution in [1.82, 2.24) is 5.16 Å². The molecule has 19 heavy (non-hydrogen) atoms. The lowest BCUT2D eigenvalue weighted by atomic mass is 9.67. The summed E-state index contributed by atoms with van der Waals surface area (Å²) in [6.45, 7) is 6.83. The Hall–Kier alpha value is -1.32. The van der Waals surface area contributed by atoms with E-state index in [1.165, 1.54) is 19.3 Å². The molecule has 106 valence electrons. The summed E-state index contributed by atoms with van der Waals surface area (Å²) in [6.07, 6.45) is 4.17. The zero-order chi connectivity index (χ0) is 14.0. The number of hydrogen-bond donors (Lipinski definition) is 1. The Kier molecular flexibility index (Phi) is 3.97. The Morgan fingerprint density at radius 2 is 2.16 bits per heavy atom. The van der Waals surface area contributed by atoms with E-state index in [4.69, 9.17) is 9.63 Å². The molecule has 0 spiro atoms. The van der Waals surface area contributed by atoms with Gasteiger partial charge in [-0.25, -0.2) is 0 Å². The van der Waals surface area contributed by atoms with Crippen LogP contribution in [-0.4, -0.2) is 16.2 Å². The zero-order valence-electron chi connectivity index (χ0n) is 12.0. The summed E-state index contributed by atoms with van der Waals surface area (Å²) in [5, 5.41) is 12.6. The Morgan fingerprint density at radius 3 is 2.74 bits per heavy atom. The van der Waals surface area contributed by atoms with Gasteiger partial charge in [-0.3, -0.25) is 4.79 Å². The molecule has 0 amide bonds. The largest absolute Gasteiger partial charge is 0.481 e. The average Bonchev–Trinajstić information content (AvgIpc) is 2.66. The van der Waals surface area contributed by atoms with Gasteiger partial charge >= 0.3 is 5.97 Å². The standard InChI is InChI=1S/C15H23NO3/c1-15(2,3)9-10-6-11(7-10)13-8-12(16-19-13)4-5-14(17)18/h8,10-11H,4-7,9H2,1-3H3,(H,17,18). The van der Waals surface area contributed by atoms with Gasteiger partial charge in [0.15, 0.2) is 0 Å². The van der Waals surface area contributed by atoms with E-state index in [0.717, 1.165) is 17.4 Å². The van der Waals surface area contributed by atoms with Crippen molar-refractivity contribution in [2.75, 3.05) is 0 Å². The summed E-state index contributed by atoms with van der Waals surface area (Å²) in [5.74, 6) is 1.42. The van der Waals surface area contributed by atoms with Crippen LogP contribution in [0.1, 0.15) is 63.8 Å². The minimum Gasteiger partial charge on any atom is -0.481 e. The number of aromatic nitrogens is 1. The van der Waals surface area contributed by atoms with Crippen LogP contribution < -0.4 is 0 Å². The lowest BCUT2D eigenvalue weighted by Gasteiger charge is -2.37. The zero-order valence-corrected chi connectivity index (χ0v) is 12.0. The molecule has 0 atom stereocenters. The maximum Gasteiger partial charge on any atom is 0.303 e. The van der Waals surface area contributed by atoms with Crippen molar-refractivity contribution >= 4 is 5.97 Å². The first-order valence-corrected chi connectivity index (χ1v) is 7.01. The van der Waals surface area contributed by atoms with Crippen molar-refractivity contribution in [3.8, 4) is 0 Å². The smallest absolute Gasteiger partial charge is 0.303 e. The summed E-state index contributed by atoms with van der Waals surface area (Å²) < 4.78 is 5.34. The molecule has 1 aliphatic carbocycles. The van der Waals surface area contributed by atoms with Gasteiger partial charge in [-0.15, -0.1) is 0 Å². The quantitative estimate of drug-likeness (QED) is 0.883. The average molecular weight is 265 g/mol. The van der Waals surface area contributed by atoms with Crippen molar-refractivity contribution in [3.63, 3.8) is 0 Å². The van der Waals surface area contributed by atoms with Gasteiger partial charge in [-0.1, -0.05) is 25.9 Å². The van der Waals surface area contributed by atoms with Gasteiger partial charge in [0, 0.05) is 18.4 Å². The highest BCUT2D eigenvalue weighted by Crippen LogP contribution is 2.46. The van der Waals surface area contributed by atoms with E-state index in [1.807, 2.05) is 6.07 Å². The topological polar surface area (TPSA) is 63.3 Å². The molecule has 1 heterocycles. The molecule has 0 radical (unpaired) electrons. The van der Waals surface area contributed by atoms with Crippen molar-refractivity contribution in [2.24, 2.45) is 11.3 Å². The van der Waals surface area contributed by atoms with Crippen LogP contribution in [0.5, 0.6) is 0 Å². The molecule has 1 aliphatic rings. The van der Waals surface area contributed by atoms with E-state index in [9.17, 15) is 4.79 Å². The molecule has 1 aromatic heterocycles. The van der Waals surface area contributed by atoms with Gasteiger partial charge < -0.3 is 9.63 Å². The Morgan fingerprint density at radius 1 is 1.47 bits per heavy atom. The van der Waals surface area contributed by atoms with Crippen LogP contribution in [0.15, 0.2) is 10.6 Å². The molecule has 0 unspecified atom stereocenters. The fourth-order valence-corrected chi connectivity index (χ4v) is 2.87. The van der Waals surface area contributed by atoms with E-state index >= 15 is 0 Å². The maximum atomic E-state index is 10.5. The number of aliphatic carboxylic acids is 1. The van der Waals surface area contributed by atoms with Crippen LogP contribution in [-0.2, 0) is 11.2 Å². The van der Waals surface area contributed by atoms with Crippen LogP contribution in [0.2, 0.25) is 0 Å². The van der Waals surface area contributed by atoms with Crippen molar-refractivity contribution in [3.05, 3.63) is 17.5 Å². The molecule has 0 aliphatic heterocycles. The molecule has 1 N–H and O–H groups in total. The summed E-state index contributed by atoms with van der Waals surface area (Å²) in [5.41, 5.74) is 1.15. The number of hydrogen-bond acceptors (Lipinski definition) is 3. The first kappa shape index (κ1) is 14.1. The van der Waals surface area contributed by atoms with Crippen molar-refractivity contribution < 1.29 is 14.4 Å². The first-order valence-electron chi connectivity index (χ1n) is 7.01. The summed E-state index contributed by atoms with van der Waals surface area (Å²) in [6, 6.07) is 1.93. The van der Waals surface area contributed by atoms with Gasteiger partial charge in [0.05, 0.1) is 12.1 Å². The third kappa shape index (κ3) is 4.08. The first-order chi connectivity index (χ1) is 8.83. The summed E-state index contributed by atoms with van der Waals surface area (Å²) >= 11 is 0. The van der Waals surface area contributed by atoms with Crippen LogP contribution in [0.3, 0.4) is 0 Å². The van der Waals surface area contributed by atoms with E-state index in [1.54, 1.807) is 0 Å². The van der Waals surface area contributed by atoms with Crippen molar-refractivity contribution in [1.29, 1.82) is 0 Å². The van der Waals surface area contributed by atoms with Crippen LogP contribution in [0, 0.1) is 11.3 Å². The lowest BCUT2D eigenvalue weighted by Crippen LogP contribution is -2.25. The van der Waals surface area contributed by atoms with Crippen LogP contribution >= 0.6 is 0 Å². The maximum absolute atomic E-state index is 10.5. The molecule has 0 aromatic carbocycles. The second-order valence-electron chi connectivity index (χ2n) is 6.91. The van der Waals surface area contributed by atoms with Gasteiger partial charge in [-0.05, 0) is 30.6 Å². The monoisotopic (exact) mass is 265 g/mol. The number of rotatable bonds is 5. The highest BCUT2D eigenvalue weighted by Gasteiger charge is 2.35. The highest BCUT2D eigenvalue weighted by molar-refractivity contribution is 5.66. The van der Waals surface area contributed by atoms with Crippen LogP contribution in [0.4, 0.5) is 0 Å². The SMILES string of the molecule is CC(C)(C)CC1CC(c2cc(CCC(=O)O)no2)C1. The van der Waals surface area contributed by atoms with E-state index < -0.39 is 5.97 Å². The van der Waals surface area contributed by atoms with E-state index in [0.29, 0.717) is 17.8 Å². The third-order valence-electron chi connectivity index (χ3n) is 3.71. The fraction of sp³-hybridized carbons (Fsp3) is 0.733. The summed E-state index contributed by atoms with van der Waals surface area (Å²) in [4.78, 5) is 10.5. The fourth-order valence-electron chi connectivity index (χ4n) is 2.87. The Bertz CT molecular complexity index is 438. The van der Waals surface area contributed by atoms with Gasteiger partial charge in [0.1, 0.15) is 5.76 Å². The molecule has 1 fully saturated rings. The predicted molar refractivity (Wildman–Crippen MR) is 72.0 cm³/mol. The van der Waals surface area contributed by atoms with Gasteiger partial charge in [0.25, 0.3) is 0 Å². The molecule has 4 nitrogen and oxygen atoms in total. The number of carbonyl (C=O) groups is 1. The number of carboxylic acid groups (broad SMARTS) is 1. The van der Waals surface area contributed by atoms with Gasteiger partial charge in [-0.2, -0.15) is 0 Å². The molecule has 1 aromatic rings. The molecule has 0 bridgehead atoms. The predicted octanol–water partition coefficient (Wildman–Crippen LogP) is 3.62. The summed E-state index contributed by atoms with van der Waals surface area (Å²) in [7, 11) is 0. The Balaban J connectivity index is 1.80. The second kappa shape index (κ2) is 5.35. The molecular formula is C15H23NO3. The van der Waals surface area contributed by atoms with Crippen molar-refractivity contribution in [2.45, 2.75) is 58.8 Å². The highest BCUT2D eigenvalue weighted by atomic mass is 16.5. The molecule has 0 saturated heterocycles. The minimum atomic E-state index is -0.793. The number of carboxylic acids is 1. The third-order valence-corrected chi connectivity index (χ3v) is 3.71. The van der Waals surface area contributed by atoms with Crippen LogP contribution in [0.25, 0.3) is 0 Å². The second-order valence-corrected chi connectivity index (χ2v) is 6.91. The van der Waals surface area contributed by atoms with E-state index in [2.05, 4.69) is 25.9 Å². The molecule has 4 heteroatoms. The normalized spacial score (nSPS) is 23.1. The Labute approximate surface area is 114 Å². The molecule has 1 saturated carbocycles. The number of aryl methyl sites for hydroxylation is 1. The van der Waals surface area contributed by atoms with Gasteiger partial charge in [0.2, 0.25) is 0 Å². The molecule has 2 rings (SSSR count). The van der Waals surface area contributed by atoms with E-state index in [-0.39, 0.29) is 6.42 Å². The molecular weight excluding hydrogens is 242 g/mol.